The van der Waals surface area contributed by atoms with E-state index >= 15 is 0 Å². The number of aromatic nitrogens is 1. The van der Waals surface area contributed by atoms with E-state index < -0.39 is 10.0 Å². The number of rotatable bonds is 5. The Balaban J connectivity index is 1.85. The molecule has 1 aliphatic heterocycles. The standard InChI is InChI=1S/C19H16ClN3O3S2/c1-2-9-22-28(24,25)14-7-8-16-15(10-14)23-17(12-3-5-13(20)6-4-12)18-19(27-16)26-11-21-18/h3-8,10-11,22H,2,9H2,1H3. The highest BCUT2D eigenvalue weighted by Crippen LogP contribution is 2.41. The summed E-state index contributed by atoms with van der Waals surface area (Å²) in [6.07, 6.45) is 2.09. The lowest BCUT2D eigenvalue weighted by Crippen LogP contribution is -2.24. The fraction of sp³-hybridized carbons (Fsp3) is 0.158. The Morgan fingerprint density at radius 1 is 1.18 bits per heavy atom. The molecule has 0 bridgehead atoms. The molecule has 1 aliphatic rings. The van der Waals surface area contributed by atoms with Gasteiger partial charge in [-0.05, 0) is 48.5 Å². The summed E-state index contributed by atoms with van der Waals surface area (Å²) in [5.74, 6) is 0. The molecule has 28 heavy (non-hydrogen) atoms. The number of oxazole rings is 1. The van der Waals surface area contributed by atoms with Crippen LogP contribution >= 0.6 is 23.4 Å². The number of sulfonamides is 1. The van der Waals surface area contributed by atoms with Crippen molar-refractivity contribution >= 4 is 44.8 Å². The molecule has 0 spiro atoms. The van der Waals surface area contributed by atoms with Crippen LogP contribution in [0.25, 0.3) is 0 Å². The molecular formula is C19H16ClN3O3S2. The van der Waals surface area contributed by atoms with E-state index in [1.54, 1.807) is 30.3 Å². The average Bonchev–Trinajstić information content (AvgIpc) is 3.08. The molecule has 0 amide bonds. The van der Waals surface area contributed by atoms with Gasteiger partial charge in [0, 0.05) is 22.0 Å². The Bertz CT molecular complexity index is 1160. The van der Waals surface area contributed by atoms with Crippen molar-refractivity contribution in [2.24, 2.45) is 4.99 Å². The highest BCUT2D eigenvalue weighted by Gasteiger charge is 2.24. The van der Waals surface area contributed by atoms with Crippen molar-refractivity contribution in [2.75, 3.05) is 6.54 Å². The molecule has 3 aromatic rings. The van der Waals surface area contributed by atoms with Crippen LogP contribution in [0.2, 0.25) is 5.02 Å². The topological polar surface area (TPSA) is 84.6 Å². The van der Waals surface area contributed by atoms with E-state index in [0.29, 0.717) is 40.2 Å². The van der Waals surface area contributed by atoms with Crippen molar-refractivity contribution in [3.63, 3.8) is 0 Å². The monoisotopic (exact) mass is 433 g/mol. The lowest BCUT2D eigenvalue weighted by molar-refractivity contribution is 0.469. The Morgan fingerprint density at radius 2 is 1.96 bits per heavy atom. The van der Waals surface area contributed by atoms with E-state index in [9.17, 15) is 8.42 Å². The Hall–Kier alpha value is -2.13. The van der Waals surface area contributed by atoms with E-state index in [1.807, 2.05) is 19.1 Å². The average molecular weight is 434 g/mol. The molecule has 0 radical (unpaired) electrons. The molecule has 0 unspecified atom stereocenters. The van der Waals surface area contributed by atoms with Crippen LogP contribution in [0.5, 0.6) is 0 Å². The third-order valence-corrected chi connectivity index (χ3v) is 6.85. The normalized spacial score (nSPS) is 13.4. The van der Waals surface area contributed by atoms with Gasteiger partial charge in [0.1, 0.15) is 11.4 Å². The van der Waals surface area contributed by atoms with Gasteiger partial charge in [0.05, 0.1) is 10.6 Å². The molecule has 6 nitrogen and oxygen atoms in total. The third kappa shape index (κ3) is 3.73. The molecule has 0 aliphatic carbocycles. The quantitative estimate of drug-likeness (QED) is 0.495. The number of fused-ring (bicyclic) bond motifs is 2. The fourth-order valence-electron chi connectivity index (χ4n) is 2.71. The predicted octanol–water partition coefficient (Wildman–Crippen LogP) is 4.65. The molecule has 0 atom stereocenters. The first-order chi connectivity index (χ1) is 13.5. The SMILES string of the molecule is CCCNS(=O)(=O)c1ccc2c(c1)N=C(c1ccc(Cl)cc1)c1ncoc1S2. The lowest BCUT2D eigenvalue weighted by Gasteiger charge is -2.08. The van der Waals surface area contributed by atoms with Crippen LogP contribution in [-0.2, 0) is 10.0 Å². The second kappa shape index (κ2) is 7.71. The predicted molar refractivity (Wildman–Crippen MR) is 109 cm³/mol. The van der Waals surface area contributed by atoms with Crippen molar-refractivity contribution in [1.82, 2.24) is 9.71 Å². The summed E-state index contributed by atoms with van der Waals surface area (Å²) in [6, 6.07) is 12.1. The van der Waals surface area contributed by atoms with Gasteiger partial charge in [-0.2, -0.15) is 0 Å². The van der Waals surface area contributed by atoms with Crippen molar-refractivity contribution < 1.29 is 12.8 Å². The van der Waals surface area contributed by atoms with Crippen molar-refractivity contribution in [3.8, 4) is 0 Å². The van der Waals surface area contributed by atoms with Crippen molar-refractivity contribution in [2.45, 2.75) is 28.2 Å². The minimum Gasteiger partial charge on any atom is -0.436 e. The Morgan fingerprint density at radius 3 is 2.71 bits per heavy atom. The van der Waals surface area contributed by atoms with Crippen LogP contribution < -0.4 is 4.72 Å². The smallest absolute Gasteiger partial charge is 0.240 e. The zero-order valence-corrected chi connectivity index (χ0v) is 17.2. The van der Waals surface area contributed by atoms with Gasteiger partial charge in [0.2, 0.25) is 10.0 Å². The maximum Gasteiger partial charge on any atom is 0.240 e. The van der Waals surface area contributed by atoms with E-state index in [2.05, 4.69) is 9.71 Å². The first-order valence-corrected chi connectivity index (χ1v) is 11.3. The van der Waals surface area contributed by atoms with Crippen LogP contribution in [0.1, 0.15) is 24.6 Å². The summed E-state index contributed by atoms with van der Waals surface area (Å²) < 4.78 is 33.1. The van der Waals surface area contributed by atoms with Crippen LogP contribution in [0.15, 0.2) is 73.2 Å². The van der Waals surface area contributed by atoms with Crippen molar-refractivity contribution in [1.29, 1.82) is 0 Å². The first-order valence-electron chi connectivity index (χ1n) is 8.58. The summed E-state index contributed by atoms with van der Waals surface area (Å²) >= 11 is 7.37. The maximum atomic E-state index is 12.5. The molecule has 2 heterocycles. The van der Waals surface area contributed by atoms with Gasteiger partial charge in [-0.15, -0.1) is 0 Å². The maximum absolute atomic E-state index is 12.5. The minimum atomic E-state index is -3.59. The summed E-state index contributed by atoms with van der Waals surface area (Å²) in [4.78, 5) is 10.0. The summed E-state index contributed by atoms with van der Waals surface area (Å²) in [5.41, 5.74) is 2.56. The first kappa shape index (κ1) is 19.2. The van der Waals surface area contributed by atoms with Crippen LogP contribution in [0, 0.1) is 0 Å². The molecule has 0 fully saturated rings. The summed E-state index contributed by atoms with van der Waals surface area (Å²) in [7, 11) is -3.59. The number of aliphatic imine (C=N–C) groups is 1. The highest BCUT2D eigenvalue weighted by atomic mass is 35.5. The number of benzene rings is 2. The van der Waals surface area contributed by atoms with Crippen LogP contribution in [0.4, 0.5) is 5.69 Å². The molecule has 4 rings (SSSR count). The van der Waals surface area contributed by atoms with Gasteiger partial charge in [-0.25, -0.2) is 23.1 Å². The summed E-state index contributed by atoms with van der Waals surface area (Å²) in [5, 5.41) is 1.22. The molecule has 1 N–H and O–H groups in total. The third-order valence-electron chi connectivity index (χ3n) is 4.09. The zero-order chi connectivity index (χ0) is 19.7. The molecule has 9 heteroatoms. The number of nitrogens with one attached hydrogen (secondary N) is 1. The molecule has 0 saturated carbocycles. The van der Waals surface area contributed by atoms with Gasteiger partial charge < -0.3 is 4.42 Å². The molecular weight excluding hydrogens is 418 g/mol. The van der Waals surface area contributed by atoms with Gasteiger partial charge in [0.25, 0.3) is 0 Å². The second-order valence-corrected chi connectivity index (χ2v) is 9.30. The largest absolute Gasteiger partial charge is 0.436 e. The summed E-state index contributed by atoms with van der Waals surface area (Å²) in [6.45, 7) is 2.29. The van der Waals surface area contributed by atoms with Gasteiger partial charge in [0.15, 0.2) is 11.5 Å². The fourth-order valence-corrected chi connectivity index (χ4v) is 4.87. The molecule has 1 aromatic heterocycles. The van der Waals surface area contributed by atoms with Crippen LogP contribution in [-0.4, -0.2) is 25.7 Å². The minimum absolute atomic E-state index is 0.172. The van der Waals surface area contributed by atoms with Crippen LogP contribution in [0.3, 0.4) is 0 Å². The Kier molecular flexibility index (Phi) is 5.29. The highest BCUT2D eigenvalue weighted by molar-refractivity contribution is 7.99. The van der Waals surface area contributed by atoms with Gasteiger partial charge in [-0.3, -0.25) is 0 Å². The number of halogens is 1. The van der Waals surface area contributed by atoms with Gasteiger partial charge in [-0.1, -0.05) is 30.7 Å². The lowest BCUT2D eigenvalue weighted by atomic mass is 10.1. The molecule has 0 saturated heterocycles. The van der Waals surface area contributed by atoms with E-state index in [-0.39, 0.29) is 4.90 Å². The zero-order valence-electron chi connectivity index (χ0n) is 14.8. The second-order valence-electron chi connectivity index (χ2n) is 6.09. The number of nitrogens with zero attached hydrogens (tertiary/aromatic N) is 2. The van der Waals surface area contributed by atoms with Crippen molar-refractivity contribution in [3.05, 3.63) is 65.1 Å². The molecule has 2 aromatic carbocycles. The van der Waals surface area contributed by atoms with E-state index in [0.717, 1.165) is 10.5 Å². The van der Waals surface area contributed by atoms with Gasteiger partial charge >= 0.3 is 0 Å². The number of hydrogen-bond acceptors (Lipinski definition) is 6. The Labute approximate surface area is 172 Å². The van der Waals surface area contributed by atoms with E-state index in [4.69, 9.17) is 21.0 Å². The molecule has 144 valence electrons. The van der Waals surface area contributed by atoms with E-state index in [1.165, 1.54) is 18.2 Å². The number of hydrogen-bond donors (Lipinski definition) is 1.